The van der Waals surface area contributed by atoms with E-state index in [2.05, 4.69) is 25.7 Å². The molecule has 14 heavy (non-hydrogen) atoms. The van der Waals surface area contributed by atoms with Crippen LogP contribution >= 0.6 is 11.6 Å². The Balaban J connectivity index is 3.96. The Hall–Kier alpha value is 0.250. The third-order valence-electron chi connectivity index (χ3n) is 2.61. The first-order chi connectivity index (χ1) is 6.79. The Morgan fingerprint density at radius 1 is 1.00 bits per heavy atom. The summed E-state index contributed by atoms with van der Waals surface area (Å²) < 4.78 is 0. The Morgan fingerprint density at radius 2 is 1.57 bits per heavy atom. The van der Waals surface area contributed by atoms with Crippen LogP contribution in [0.5, 0.6) is 0 Å². The van der Waals surface area contributed by atoms with Gasteiger partial charge in [-0.15, -0.1) is 11.6 Å². The minimum Gasteiger partial charge on any atom is -0.299 e. The lowest BCUT2D eigenvalue weighted by Crippen LogP contribution is -2.37. The molecule has 0 heterocycles. The molecule has 0 aliphatic heterocycles. The maximum Gasteiger partial charge on any atom is 0.0379 e. The summed E-state index contributed by atoms with van der Waals surface area (Å²) in [6.45, 7) is 9.14. The highest BCUT2D eigenvalue weighted by atomic mass is 35.5. The lowest BCUT2D eigenvalue weighted by atomic mass is 10.1. The zero-order chi connectivity index (χ0) is 10.8. The van der Waals surface area contributed by atoms with Crippen molar-refractivity contribution in [3.63, 3.8) is 0 Å². The van der Waals surface area contributed by atoms with Crippen LogP contribution in [0.15, 0.2) is 0 Å². The standard InChI is InChI=1S/C12H26ClN/c1-4-7-8-12(11-13)14(9-5-2)10-6-3/h12H,4-11H2,1-3H3. The van der Waals surface area contributed by atoms with Gasteiger partial charge in [-0.25, -0.2) is 0 Å². The fourth-order valence-corrected chi connectivity index (χ4v) is 2.20. The topological polar surface area (TPSA) is 3.24 Å². The maximum absolute atomic E-state index is 6.03. The lowest BCUT2D eigenvalue weighted by molar-refractivity contribution is 0.200. The van der Waals surface area contributed by atoms with Crippen molar-refractivity contribution in [3.05, 3.63) is 0 Å². The Labute approximate surface area is 94.8 Å². The first-order valence-corrected chi connectivity index (χ1v) is 6.63. The third kappa shape index (κ3) is 5.87. The Bertz CT molecular complexity index is 111. The lowest BCUT2D eigenvalue weighted by Gasteiger charge is -2.29. The molecule has 0 aromatic rings. The van der Waals surface area contributed by atoms with E-state index in [0.717, 1.165) is 5.88 Å². The van der Waals surface area contributed by atoms with Gasteiger partial charge < -0.3 is 0 Å². The number of halogens is 1. The summed E-state index contributed by atoms with van der Waals surface area (Å²) in [5.74, 6) is 0.792. The van der Waals surface area contributed by atoms with Gasteiger partial charge in [-0.3, -0.25) is 4.90 Å². The van der Waals surface area contributed by atoms with Gasteiger partial charge >= 0.3 is 0 Å². The molecule has 0 N–H and O–H groups in total. The normalized spacial score (nSPS) is 13.5. The number of unbranched alkanes of at least 4 members (excludes halogenated alkanes) is 1. The Morgan fingerprint density at radius 3 is 1.93 bits per heavy atom. The molecule has 0 bridgehead atoms. The van der Waals surface area contributed by atoms with Crippen molar-refractivity contribution < 1.29 is 0 Å². The summed E-state index contributed by atoms with van der Waals surface area (Å²) >= 11 is 6.03. The average Bonchev–Trinajstić information content (AvgIpc) is 2.19. The highest BCUT2D eigenvalue weighted by Crippen LogP contribution is 2.11. The molecule has 0 aromatic heterocycles. The molecule has 0 amide bonds. The van der Waals surface area contributed by atoms with E-state index in [-0.39, 0.29) is 0 Å². The molecular weight excluding hydrogens is 194 g/mol. The molecular formula is C12H26ClN. The molecule has 0 aromatic carbocycles. The van der Waals surface area contributed by atoms with E-state index in [4.69, 9.17) is 11.6 Å². The number of hydrogen-bond acceptors (Lipinski definition) is 1. The average molecular weight is 220 g/mol. The smallest absolute Gasteiger partial charge is 0.0379 e. The minimum atomic E-state index is 0.608. The summed E-state index contributed by atoms with van der Waals surface area (Å²) in [5, 5.41) is 0. The van der Waals surface area contributed by atoms with Gasteiger partial charge in [-0.05, 0) is 32.4 Å². The van der Waals surface area contributed by atoms with Gasteiger partial charge in [0.05, 0.1) is 0 Å². The van der Waals surface area contributed by atoms with E-state index in [1.807, 2.05) is 0 Å². The number of rotatable bonds is 9. The van der Waals surface area contributed by atoms with Gasteiger partial charge in [0, 0.05) is 11.9 Å². The maximum atomic E-state index is 6.03. The number of hydrogen-bond donors (Lipinski definition) is 0. The van der Waals surface area contributed by atoms with Crippen LogP contribution in [0, 0.1) is 0 Å². The molecule has 0 rings (SSSR count). The Kier molecular flexibility index (Phi) is 9.97. The molecule has 86 valence electrons. The van der Waals surface area contributed by atoms with E-state index in [1.54, 1.807) is 0 Å². The molecule has 0 aliphatic carbocycles. The molecule has 0 saturated carbocycles. The minimum absolute atomic E-state index is 0.608. The number of alkyl halides is 1. The van der Waals surface area contributed by atoms with Crippen molar-refractivity contribution in [2.45, 2.75) is 58.9 Å². The second-order valence-corrected chi connectivity index (χ2v) is 4.29. The van der Waals surface area contributed by atoms with Gasteiger partial charge in [0.25, 0.3) is 0 Å². The van der Waals surface area contributed by atoms with Crippen molar-refractivity contribution in [3.8, 4) is 0 Å². The second-order valence-electron chi connectivity index (χ2n) is 3.99. The van der Waals surface area contributed by atoms with E-state index in [9.17, 15) is 0 Å². The molecule has 1 atom stereocenters. The summed E-state index contributed by atoms with van der Waals surface area (Å²) in [6, 6.07) is 0.608. The van der Waals surface area contributed by atoms with Gasteiger partial charge in [-0.2, -0.15) is 0 Å². The zero-order valence-electron chi connectivity index (χ0n) is 10.1. The van der Waals surface area contributed by atoms with E-state index < -0.39 is 0 Å². The van der Waals surface area contributed by atoms with Crippen molar-refractivity contribution in [1.29, 1.82) is 0 Å². The molecule has 0 radical (unpaired) electrons. The molecule has 0 fully saturated rings. The van der Waals surface area contributed by atoms with Gasteiger partial charge in [0.1, 0.15) is 0 Å². The first kappa shape index (κ1) is 14.2. The highest BCUT2D eigenvalue weighted by molar-refractivity contribution is 6.18. The van der Waals surface area contributed by atoms with Crippen molar-refractivity contribution in [2.24, 2.45) is 0 Å². The fourth-order valence-electron chi connectivity index (χ4n) is 1.85. The van der Waals surface area contributed by atoms with Crippen LogP contribution in [0.3, 0.4) is 0 Å². The molecule has 1 nitrogen and oxygen atoms in total. The summed E-state index contributed by atoms with van der Waals surface area (Å²) in [4.78, 5) is 2.56. The van der Waals surface area contributed by atoms with Crippen LogP contribution in [0.25, 0.3) is 0 Å². The summed E-state index contributed by atoms with van der Waals surface area (Å²) in [6.07, 6.45) is 6.32. The molecule has 0 saturated heterocycles. The van der Waals surface area contributed by atoms with E-state index >= 15 is 0 Å². The van der Waals surface area contributed by atoms with Gasteiger partial charge in [-0.1, -0.05) is 33.6 Å². The monoisotopic (exact) mass is 219 g/mol. The predicted octanol–water partition coefficient (Wildman–Crippen LogP) is 3.91. The summed E-state index contributed by atoms with van der Waals surface area (Å²) in [7, 11) is 0. The van der Waals surface area contributed by atoms with Crippen LogP contribution < -0.4 is 0 Å². The highest BCUT2D eigenvalue weighted by Gasteiger charge is 2.14. The van der Waals surface area contributed by atoms with Crippen LogP contribution in [0.2, 0.25) is 0 Å². The van der Waals surface area contributed by atoms with Crippen molar-refractivity contribution >= 4 is 11.6 Å². The van der Waals surface area contributed by atoms with Gasteiger partial charge in [0.15, 0.2) is 0 Å². The fraction of sp³-hybridized carbons (Fsp3) is 1.00. The van der Waals surface area contributed by atoms with Crippen LogP contribution in [-0.2, 0) is 0 Å². The van der Waals surface area contributed by atoms with Crippen LogP contribution in [0.4, 0.5) is 0 Å². The zero-order valence-corrected chi connectivity index (χ0v) is 10.8. The number of nitrogens with zero attached hydrogens (tertiary/aromatic N) is 1. The van der Waals surface area contributed by atoms with Gasteiger partial charge in [0.2, 0.25) is 0 Å². The molecule has 1 unspecified atom stereocenters. The molecule has 0 spiro atoms. The largest absolute Gasteiger partial charge is 0.299 e. The quantitative estimate of drug-likeness (QED) is 0.532. The van der Waals surface area contributed by atoms with E-state index in [0.29, 0.717) is 6.04 Å². The van der Waals surface area contributed by atoms with Crippen molar-refractivity contribution in [2.75, 3.05) is 19.0 Å². The predicted molar refractivity (Wildman–Crippen MR) is 66.2 cm³/mol. The van der Waals surface area contributed by atoms with E-state index in [1.165, 1.54) is 45.2 Å². The SMILES string of the molecule is CCCCC(CCl)N(CCC)CCC. The van der Waals surface area contributed by atoms with Crippen LogP contribution in [-0.4, -0.2) is 29.9 Å². The second kappa shape index (κ2) is 9.79. The third-order valence-corrected chi connectivity index (χ3v) is 2.96. The first-order valence-electron chi connectivity index (χ1n) is 6.10. The van der Waals surface area contributed by atoms with Crippen LogP contribution in [0.1, 0.15) is 52.9 Å². The summed E-state index contributed by atoms with van der Waals surface area (Å²) in [5.41, 5.74) is 0. The van der Waals surface area contributed by atoms with Crippen molar-refractivity contribution in [1.82, 2.24) is 4.90 Å². The molecule has 2 heteroatoms. The molecule has 0 aliphatic rings.